The normalized spacial score (nSPS) is 13.9. The van der Waals surface area contributed by atoms with Gasteiger partial charge < -0.3 is 5.32 Å². The highest BCUT2D eigenvalue weighted by molar-refractivity contribution is 6.43. The lowest BCUT2D eigenvalue weighted by Crippen LogP contribution is -2.07. The van der Waals surface area contributed by atoms with Crippen LogP contribution in [-0.2, 0) is 6.42 Å². The Morgan fingerprint density at radius 2 is 1.88 bits per heavy atom. The van der Waals surface area contributed by atoms with Crippen molar-refractivity contribution >= 4 is 29.0 Å². The molecule has 4 nitrogen and oxygen atoms in total. The molecular weight excluding hydrogens is 343 g/mol. The van der Waals surface area contributed by atoms with Crippen LogP contribution in [0.1, 0.15) is 18.4 Å². The van der Waals surface area contributed by atoms with Gasteiger partial charge in [0.05, 0.1) is 21.4 Å². The quantitative estimate of drug-likeness (QED) is 0.701. The van der Waals surface area contributed by atoms with Gasteiger partial charge in [-0.3, -0.25) is 4.98 Å². The van der Waals surface area contributed by atoms with Crippen LogP contribution in [0.3, 0.4) is 0 Å². The lowest BCUT2D eigenvalue weighted by Gasteiger charge is -2.11. The van der Waals surface area contributed by atoms with Gasteiger partial charge in [0.1, 0.15) is 5.82 Å². The summed E-state index contributed by atoms with van der Waals surface area (Å²) in [5.41, 5.74) is 4.03. The maximum Gasteiger partial charge on any atom is 0.133 e. The van der Waals surface area contributed by atoms with Crippen LogP contribution in [0.25, 0.3) is 16.9 Å². The van der Waals surface area contributed by atoms with Crippen LogP contribution in [0.2, 0.25) is 10.0 Å². The van der Waals surface area contributed by atoms with Crippen molar-refractivity contribution in [2.45, 2.75) is 19.3 Å². The van der Waals surface area contributed by atoms with Gasteiger partial charge >= 0.3 is 0 Å². The van der Waals surface area contributed by atoms with Gasteiger partial charge in [0.15, 0.2) is 0 Å². The Kier molecular flexibility index (Phi) is 4.17. The number of fused-ring (bicyclic) bond motifs is 1. The second-order valence-corrected chi connectivity index (χ2v) is 6.57. The van der Waals surface area contributed by atoms with Crippen molar-refractivity contribution < 1.29 is 0 Å². The Morgan fingerprint density at radius 1 is 1.04 bits per heavy atom. The average molecular weight is 359 g/mol. The Balaban J connectivity index is 1.95. The molecule has 1 aromatic carbocycles. The van der Waals surface area contributed by atoms with E-state index in [2.05, 4.69) is 10.3 Å². The van der Waals surface area contributed by atoms with Crippen molar-refractivity contribution in [2.24, 2.45) is 0 Å². The highest BCUT2D eigenvalue weighted by atomic mass is 35.5. The first-order valence-corrected chi connectivity index (χ1v) is 8.72. The molecule has 0 aliphatic carbocycles. The second-order valence-electron chi connectivity index (χ2n) is 5.78. The number of hydrogen-bond acceptors (Lipinski definition) is 3. The van der Waals surface area contributed by atoms with Crippen molar-refractivity contribution in [3.05, 3.63) is 58.3 Å². The molecule has 0 unspecified atom stereocenters. The summed E-state index contributed by atoms with van der Waals surface area (Å²) in [6.45, 7) is 0.923. The van der Waals surface area contributed by atoms with Gasteiger partial charge in [-0.2, -0.15) is 5.10 Å². The number of nitrogens with one attached hydrogen (secondary N) is 1. The van der Waals surface area contributed by atoms with E-state index in [0.29, 0.717) is 10.0 Å². The third-order valence-electron chi connectivity index (χ3n) is 4.24. The summed E-state index contributed by atoms with van der Waals surface area (Å²) in [4.78, 5) is 4.10. The number of pyridine rings is 1. The van der Waals surface area contributed by atoms with E-state index in [4.69, 9.17) is 28.3 Å². The van der Waals surface area contributed by atoms with Crippen LogP contribution in [-0.4, -0.2) is 21.3 Å². The zero-order valence-corrected chi connectivity index (χ0v) is 14.5. The molecule has 0 bridgehead atoms. The molecule has 6 heteroatoms. The SMILES string of the molecule is Clc1cccc(-n2nc(-c3ccncc3)c3c2NCCCC3)c1Cl. The first-order valence-electron chi connectivity index (χ1n) is 7.96. The Hall–Kier alpha value is -2.04. The zero-order chi connectivity index (χ0) is 16.5. The molecule has 1 N–H and O–H groups in total. The molecule has 1 aliphatic heterocycles. The fraction of sp³-hybridized carbons (Fsp3) is 0.222. The Bertz CT molecular complexity index is 874. The van der Waals surface area contributed by atoms with Crippen LogP contribution in [0.4, 0.5) is 5.82 Å². The number of nitrogens with zero attached hydrogens (tertiary/aromatic N) is 3. The summed E-state index contributed by atoms with van der Waals surface area (Å²) in [5.74, 6) is 1.00. The summed E-state index contributed by atoms with van der Waals surface area (Å²) >= 11 is 12.6. The molecule has 0 radical (unpaired) electrons. The van der Waals surface area contributed by atoms with Gasteiger partial charge in [0.25, 0.3) is 0 Å². The molecule has 1 aliphatic rings. The van der Waals surface area contributed by atoms with E-state index in [1.54, 1.807) is 18.5 Å². The summed E-state index contributed by atoms with van der Waals surface area (Å²) in [7, 11) is 0. The molecule has 0 amide bonds. The number of halogens is 2. The molecule has 0 fully saturated rings. The summed E-state index contributed by atoms with van der Waals surface area (Å²) in [6.07, 6.45) is 6.83. The number of hydrogen-bond donors (Lipinski definition) is 1. The highest BCUT2D eigenvalue weighted by Gasteiger charge is 2.23. The van der Waals surface area contributed by atoms with Crippen LogP contribution in [0.5, 0.6) is 0 Å². The van der Waals surface area contributed by atoms with Crippen LogP contribution >= 0.6 is 23.2 Å². The predicted octanol–water partition coefficient (Wildman–Crippen LogP) is 4.99. The maximum atomic E-state index is 6.44. The molecule has 0 atom stereocenters. The first kappa shape index (κ1) is 15.5. The van der Waals surface area contributed by atoms with E-state index < -0.39 is 0 Å². The molecule has 4 rings (SSSR count). The van der Waals surface area contributed by atoms with Crippen molar-refractivity contribution in [3.8, 4) is 16.9 Å². The smallest absolute Gasteiger partial charge is 0.133 e. The standard InChI is InChI=1S/C18H16Cl2N4/c19-14-5-3-6-15(16(14)20)24-18-13(4-1-2-9-22-18)17(23-24)12-7-10-21-11-8-12/h3,5-8,10-11,22H,1-2,4,9H2. The average Bonchev–Trinajstić information content (AvgIpc) is 2.79. The highest BCUT2D eigenvalue weighted by Crippen LogP contribution is 2.36. The Labute approximate surface area is 150 Å². The largest absolute Gasteiger partial charge is 0.370 e. The molecule has 3 heterocycles. The van der Waals surface area contributed by atoms with Gasteiger partial charge in [-0.1, -0.05) is 29.3 Å². The second kappa shape index (κ2) is 6.46. The molecule has 0 saturated heterocycles. The fourth-order valence-corrected chi connectivity index (χ4v) is 3.45. The molecule has 2 aromatic heterocycles. The Morgan fingerprint density at radius 3 is 2.71 bits per heavy atom. The minimum Gasteiger partial charge on any atom is -0.370 e. The lowest BCUT2D eigenvalue weighted by molar-refractivity contribution is 0.780. The minimum atomic E-state index is 0.511. The third-order valence-corrected chi connectivity index (χ3v) is 5.05. The summed E-state index contributed by atoms with van der Waals surface area (Å²) in [6, 6.07) is 9.58. The van der Waals surface area contributed by atoms with Crippen LogP contribution in [0, 0.1) is 0 Å². The summed E-state index contributed by atoms with van der Waals surface area (Å²) in [5, 5.41) is 9.41. The van der Waals surface area contributed by atoms with Crippen molar-refractivity contribution in [1.82, 2.24) is 14.8 Å². The number of rotatable bonds is 2. The molecule has 3 aromatic rings. The monoisotopic (exact) mass is 358 g/mol. The van der Waals surface area contributed by atoms with E-state index in [-0.39, 0.29) is 0 Å². The summed E-state index contributed by atoms with van der Waals surface area (Å²) < 4.78 is 1.88. The van der Waals surface area contributed by atoms with E-state index in [0.717, 1.165) is 48.6 Å². The minimum absolute atomic E-state index is 0.511. The van der Waals surface area contributed by atoms with Crippen molar-refractivity contribution in [1.29, 1.82) is 0 Å². The van der Waals surface area contributed by atoms with Gasteiger partial charge in [-0.05, 0) is 43.5 Å². The van der Waals surface area contributed by atoms with Crippen molar-refractivity contribution in [2.75, 3.05) is 11.9 Å². The van der Waals surface area contributed by atoms with E-state index >= 15 is 0 Å². The first-order chi connectivity index (χ1) is 11.8. The van der Waals surface area contributed by atoms with Crippen LogP contribution < -0.4 is 5.32 Å². The van der Waals surface area contributed by atoms with Gasteiger partial charge in [0.2, 0.25) is 0 Å². The molecule has 122 valence electrons. The number of aromatic nitrogens is 3. The molecule has 0 spiro atoms. The van der Waals surface area contributed by atoms with E-state index in [1.165, 1.54) is 5.56 Å². The van der Waals surface area contributed by atoms with E-state index in [9.17, 15) is 0 Å². The van der Waals surface area contributed by atoms with Gasteiger partial charge in [0, 0.05) is 30.1 Å². The predicted molar refractivity (Wildman–Crippen MR) is 98.2 cm³/mol. The number of benzene rings is 1. The van der Waals surface area contributed by atoms with Gasteiger partial charge in [-0.25, -0.2) is 4.68 Å². The molecular formula is C18H16Cl2N4. The fourth-order valence-electron chi connectivity index (χ4n) is 3.07. The molecule has 24 heavy (non-hydrogen) atoms. The van der Waals surface area contributed by atoms with Crippen LogP contribution in [0.15, 0.2) is 42.7 Å². The number of anilines is 1. The third kappa shape index (κ3) is 2.66. The maximum absolute atomic E-state index is 6.44. The van der Waals surface area contributed by atoms with Crippen molar-refractivity contribution in [3.63, 3.8) is 0 Å². The van der Waals surface area contributed by atoms with E-state index in [1.807, 2.05) is 28.9 Å². The lowest BCUT2D eigenvalue weighted by atomic mass is 10.0. The molecule has 0 saturated carbocycles. The van der Waals surface area contributed by atoms with Gasteiger partial charge in [-0.15, -0.1) is 0 Å². The zero-order valence-electron chi connectivity index (χ0n) is 13.0. The topological polar surface area (TPSA) is 42.7 Å².